The van der Waals surface area contributed by atoms with E-state index in [2.05, 4.69) is 5.10 Å². The zero-order valence-electron chi connectivity index (χ0n) is 11.3. The lowest BCUT2D eigenvalue weighted by atomic mass is 10.2. The largest absolute Gasteiger partial charge is 0.508 e. The molecule has 0 aliphatic rings. The van der Waals surface area contributed by atoms with Gasteiger partial charge in [0.1, 0.15) is 11.4 Å². The molecule has 0 aliphatic heterocycles. The summed E-state index contributed by atoms with van der Waals surface area (Å²) in [6.07, 6.45) is -0.619. The van der Waals surface area contributed by atoms with Crippen LogP contribution in [0.3, 0.4) is 0 Å². The van der Waals surface area contributed by atoms with Gasteiger partial charge < -0.3 is 14.6 Å². The molecule has 19 heavy (non-hydrogen) atoms. The van der Waals surface area contributed by atoms with Crippen molar-refractivity contribution in [3.8, 4) is 11.6 Å². The topological polar surface area (TPSA) is 73.6 Å². The number of ether oxygens (including phenoxy) is 2. The van der Waals surface area contributed by atoms with Crippen molar-refractivity contribution >= 4 is 17.0 Å². The number of rotatable bonds is 1. The molecule has 1 heterocycles. The predicted octanol–water partition coefficient (Wildman–Crippen LogP) is 2.53. The number of carbonyl (C=O) groups excluding carboxylic acids is 1. The average Bonchev–Trinajstić information content (AvgIpc) is 2.64. The fraction of sp³-hybridized carbons (Fsp3) is 0.385. The molecule has 0 unspecified atom stereocenters. The fourth-order valence-electron chi connectivity index (χ4n) is 1.67. The van der Waals surface area contributed by atoms with Crippen molar-refractivity contribution in [1.29, 1.82) is 0 Å². The Kier molecular flexibility index (Phi) is 3.09. The minimum Gasteiger partial charge on any atom is -0.508 e. The van der Waals surface area contributed by atoms with Gasteiger partial charge in [-0.05, 0) is 32.9 Å². The molecule has 0 amide bonds. The third kappa shape index (κ3) is 2.62. The highest BCUT2D eigenvalue weighted by molar-refractivity contribution is 5.92. The van der Waals surface area contributed by atoms with E-state index in [1.54, 1.807) is 26.8 Å². The molecular weight excluding hydrogens is 248 g/mol. The highest BCUT2D eigenvalue weighted by atomic mass is 16.6. The van der Waals surface area contributed by atoms with Crippen LogP contribution in [0, 0.1) is 0 Å². The molecule has 0 saturated carbocycles. The third-order valence-corrected chi connectivity index (χ3v) is 2.39. The molecule has 1 N–H and O–H groups in total. The maximum Gasteiger partial charge on any atom is 0.435 e. The Morgan fingerprint density at radius 2 is 2.05 bits per heavy atom. The van der Waals surface area contributed by atoms with E-state index in [4.69, 9.17) is 9.47 Å². The summed E-state index contributed by atoms with van der Waals surface area (Å²) in [6, 6.07) is 4.58. The van der Waals surface area contributed by atoms with Gasteiger partial charge in [0.05, 0.1) is 18.0 Å². The molecule has 1 aromatic heterocycles. The van der Waals surface area contributed by atoms with Gasteiger partial charge in [0.25, 0.3) is 0 Å². The summed E-state index contributed by atoms with van der Waals surface area (Å²) in [7, 11) is 1.47. The Morgan fingerprint density at radius 3 is 2.63 bits per heavy atom. The van der Waals surface area contributed by atoms with Crippen LogP contribution in [0.2, 0.25) is 0 Å². The van der Waals surface area contributed by atoms with Gasteiger partial charge in [-0.1, -0.05) is 0 Å². The number of phenolic OH excluding ortho intramolecular Hbond substituents is 1. The normalized spacial score (nSPS) is 11.6. The van der Waals surface area contributed by atoms with Crippen molar-refractivity contribution < 1.29 is 19.4 Å². The van der Waals surface area contributed by atoms with Gasteiger partial charge in [0.2, 0.25) is 5.88 Å². The first-order chi connectivity index (χ1) is 8.81. The maximum absolute atomic E-state index is 12.1. The summed E-state index contributed by atoms with van der Waals surface area (Å²) in [5.41, 5.74) is -0.189. The molecule has 0 aliphatic carbocycles. The highest BCUT2D eigenvalue weighted by Gasteiger charge is 2.22. The molecule has 0 spiro atoms. The van der Waals surface area contributed by atoms with E-state index in [0.29, 0.717) is 16.8 Å². The quantitative estimate of drug-likeness (QED) is 0.856. The molecule has 2 aromatic rings. The zero-order chi connectivity index (χ0) is 14.2. The van der Waals surface area contributed by atoms with E-state index >= 15 is 0 Å². The Balaban J connectivity index is 2.54. The van der Waals surface area contributed by atoms with Crippen molar-refractivity contribution in [2.75, 3.05) is 7.11 Å². The molecule has 0 radical (unpaired) electrons. The zero-order valence-corrected chi connectivity index (χ0v) is 11.3. The summed E-state index contributed by atoms with van der Waals surface area (Å²) >= 11 is 0. The SMILES string of the molecule is COc1nn(C(=O)OC(C)(C)C)c2cc(O)ccc12. The van der Waals surface area contributed by atoms with Gasteiger partial charge in [-0.15, -0.1) is 5.10 Å². The number of fused-ring (bicyclic) bond motifs is 1. The third-order valence-electron chi connectivity index (χ3n) is 2.39. The summed E-state index contributed by atoms with van der Waals surface area (Å²) in [6.45, 7) is 5.31. The van der Waals surface area contributed by atoms with Gasteiger partial charge >= 0.3 is 6.09 Å². The predicted molar refractivity (Wildman–Crippen MR) is 69.6 cm³/mol. The summed E-state index contributed by atoms with van der Waals surface area (Å²) < 4.78 is 11.4. The number of aromatic nitrogens is 2. The van der Waals surface area contributed by atoms with Crippen molar-refractivity contribution in [2.24, 2.45) is 0 Å². The molecule has 0 atom stereocenters. The number of hydrogen-bond donors (Lipinski definition) is 1. The molecule has 6 heteroatoms. The number of phenols is 1. The molecule has 102 valence electrons. The highest BCUT2D eigenvalue weighted by Crippen LogP contribution is 2.28. The van der Waals surface area contributed by atoms with Gasteiger partial charge in [-0.2, -0.15) is 4.68 Å². The number of carbonyl (C=O) groups is 1. The van der Waals surface area contributed by atoms with Crippen LogP contribution < -0.4 is 4.74 Å². The van der Waals surface area contributed by atoms with Crippen LogP contribution in [0.5, 0.6) is 11.6 Å². The van der Waals surface area contributed by atoms with E-state index < -0.39 is 11.7 Å². The van der Waals surface area contributed by atoms with Crippen molar-refractivity contribution in [1.82, 2.24) is 9.78 Å². The smallest absolute Gasteiger partial charge is 0.435 e. The molecule has 0 bridgehead atoms. The Labute approximate surface area is 110 Å². The molecule has 0 saturated heterocycles. The van der Waals surface area contributed by atoms with Crippen LogP contribution in [0.25, 0.3) is 10.9 Å². The molecule has 1 aromatic carbocycles. The number of nitrogens with zero attached hydrogens (tertiary/aromatic N) is 2. The van der Waals surface area contributed by atoms with Crippen molar-refractivity contribution in [2.45, 2.75) is 26.4 Å². The number of methoxy groups -OCH3 is 1. The van der Waals surface area contributed by atoms with Crippen molar-refractivity contribution in [3.63, 3.8) is 0 Å². The summed E-state index contributed by atoms with van der Waals surface area (Å²) in [5.74, 6) is 0.348. The lowest BCUT2D eigenvalue weighted by molar-refractivity contribution is 0.0520. The van der Waals surface area contributed by atoms with Gasteiger partial charge in [-0.3, -0.25) is 0 Å². The average molecular weight is 264 g/mol. The first-order valence-corrected chi connectivity index (χ1v) is 5.81. The van der Waals surface area contributed by atoms with Gasteiger partial charge in [0.15, 0.2) is 0 Å². The second kappa shape index (κ2) is 4.46. The minimum atomic E-state index is -0.626. The van der Waals surface area contributed by atoms with E-state index in [-0.39, 0.29) is 5.75 Å². The van der Waals surface area contributed by atoms with Crippen LogP contribution in [-0.4, -0.2) is 33.7 Å². The monoisotopic (exact) mass is 264 g/mol. The number of benzene rings is 1. The lowest BCUT2D eigenvalue weighted by Gasteiger charge is -2.19. The molecule has 2 rings (SSSR count). The summed E-state index contributed by atoms with van der Waals surface area (Å²) in [5, 5.41) is 14.2. The summed E-state index contributed by atoms with van der Waals surface area (Å²) in [4.78, 5) is 12.1. The first kappa shape index (κ1) is 13.2. The van der Waals surface area contributed by atoms with Crippen LogP contribution in [0.1, 0.15) is 20.8 Å². The second-order valence-electron chi connectivity index (χ2n) is 5.10. The Morgan fingerprint density at radius 1 is 1.37 bits per heavy atom. The van der Waals surface area contributed by atoms with Crippen molar-refractivity contribution in [3.05, 3.63) is 18.2 Å². The van der Waals surface area contributed by atoms with E-state index in [9.17, 15) is 9.90 Å². The maximum atomic E-state index is 12.1. The number of hydrogen-bond acceptors (Lipinski definition) is 5. The second-order valence-corrected chi connectivity index (χ2v) is 5.10. The van der Waals surface area contributed by atoms with Crippen LogP contribution >= 0.6 is 0 Å². The lowest BCUT2D eigenvalue weighted by Crippen LogP contribution is -2.27. The number of aromatic hydroxyl groups is 1. The van der Waals surface area contributed by atoms with E-state index in [1.165, 1.54) is 19.2 Å². The van der Waals surface area contributed by atoms with Crippen LogP contribution in [-0.2, 0) is 4.74 Å². The molecule has 6 nitrogen and oxygen atoms in total. The Hall–Kier alpha value is -2.24. The fourth-order valence-corrected chi connectivity index (χ4v) is 1.67. The van der Waals surface area contributed by atoms with Crippen LogP contribution in [0.15, 0.2) is 18.2 Å². The van der Waals surface area contributed by atoms with Crippen LogP contribution in [0.4, 0.5) is 4.79 Å². The Bertz CT molecular complexity index is 625. The van der Waals surface area contributed by atoms with Gasteiger partial charge in [0, 0.05) is 6.07 Å². The first-order valence-electron chi connectivity index (χ1n) is 5.81. The molecule has 0 fully saturated rings. The standard InChI is InChI=1S/C13H16N2O4/c1-13(2,3)19-12(17)15-10-7-8(16)5-6-9(10)11(14-15)18-4/h5-7,16H,1-4H3. The molecular formula is C13H16N2O4. The van der Waals surface area contributed by atoms with E-state index in [0.717, 1.165) is 4.68 Å². The van der Waals surface area contributed by atoms with E-state index in [1.807, 2.05) is 0 Å². The van der Waals surface area contributed by atoms with Gasteiger partial charge in [-0.25, -0.2) is 4.79 Å². The minimum absolute atomic E-state index is 0.0415.